The number of hydrogen-bond donors (Lipinski definition) is 2. The molecule has 30 heavy (non-hydrogen) atoms. The zero-order chi connectivity index (χ0) is 21.7. The molecule has 1 unspecified atom stereocenters. The number of likely N-dealkylation sites (tertiary alicyclic amines) is 1. The highest BCUT2D eigenvalue weighted by Crippen LogP contribution is 2.66. The Morgan fingerprint density at radius 2 is 2.10 bits per heavy atom. The standard InChI is InChI=1S/C24H31NO5/c1-14-8-9-24(28)17-12-15-6-7-16(26)19-18(15)23(24,20(14)30-19)10-11-25(17,5)13-29-21(27)22(2,3)4/h6-7,17,20,28H,1,8-13H2,2-5H3/p+1/t17?,20-,23-,24+,25+/m0/s1. The number of nitrogens with zero attached hydrogens (tertiary/aromatic N) is 1. The van der Waals surface area contributed by atoms with E-state index in [9.17, 15) is 15.0 Å². The van der Waals surface area contributed by atoms with Crippen molar-refractivity contribution in [3.63, 3.8) is 0 Å². The molecule has 0 radical (unpaired) electrons. The lowest BCUT2D eigenvalue weighted by atomic mass is 9.48. The van der Waals surface area contributed by atoms with Crippen molar-refractivity contribution in [2.75, 3.05) is 20.3 Å². The Morgan fingerprint density at radius 3 is 2.80 bits per heavy atom. The maximum Gasteiger partial charge on any atom is 0.315 e. The first kappa shape index (κ1) is 19.9. The molecule has 2 fully saturated rings. The van der Waals surface area contributed by atoms with Crippen molar-refractivity contribution < 1.29 is 29.0 Å². The van der Waals surface area contributed by atoms with E-state index >= 15 is 0 Å². The molecule has 5 rings (SSSR count). The number of carbonyl (C=O) groups is 1. The van der Waals surface area contributed by atoms with Crippen LogP contribution in [0, 0.1) is 5.41 Å². The summed E-state index contributed by atoms with van der Waals surface area (Å²) in [6, 6.07) is 3.53. The van der Waals surface area contributed by atoms with Gasteiger partial charge in [0.15, 0.2) is 11.5 Å². The van der Waals surface area contributed by atoms with Crippen molar-refractivity contribution in [2.45, 2.75) is 69.6 Å². The van der Waals surface area contributed by atoms with E-state index in [4.69, 9.17) is 9.47 Å². The molecule has 2 aliphatic carbocycles. The molecule has 0 amide bonds. The number of ether oxygens (including phenoxy) is 2. The second kappa shape index (κ2) is 5.80. The maximum atomic E-state index is 12.5. The molecule has 1 spiro atoms. The van der Waals surface area contributed by atoms with E-state index in [2.05, 4.69) is 13.6 Å². The van der Waals surface area contributed by atoms with Gasteiger partial charge in [0.1, 0.15) is 17.7 Å². The van der Waals surface area contributed by atoms with Crippen LogP contribution < -0.4 is 4.74 Å². The third kappa shape index (κ3) is 2.24. The van der Waals surface area contributed by atoms with Crippen molar-refractivity contribution in [1.82, 2.24) is 0 Å². The van der Waals surface area contributed by atoms with Crippen molar-refractivity contribution in [1.29, 1.82) is 0 Å². The minimum atomic E-state index is -1.01. The van der Waals surface area contributed by atoms with Gasteiger partial charge < -0.3 is 19.7 Å². The molecule has 2 heterocycles. The molecular formula is C24H32NO5+. The largest absolute Gasteiger partial charge is 0.504 e. The summed E-state index contributed by atoms with van der Waals surface area (Å²) in [6.07, 6.45) is 2.31. The fourth-order valence-electron chi connectivity index (χ4n) is 6.54. The first-order chi connectivity index (χ1) is 13.9. The van der Waals surface area contributed by atoms with Gasteiger partial charge in [0.05, 0.1) is 24.4 Å². The molecular weight excluding hydrogens is 382 g/mol. The van der Waals surface area contributed by atoms with E-state index in [1.807, 2.05) is 26.8 Å². The number of aromatic hydroxyl groups is 1. The average Bonchev–Trinajstić information content (AvgIpc) is 3.03. The van der Waals surface area contributed by atoms with Crippen LogP contribution in [-0.4, -0.2) is 58.7 Å². The molecule has 1 saturated heterocycles. The Labute approximate surface area is 177 Å². The number of hydrogen-bond acceptors (Lipinski definition) is 5. The SMILES string of the molecule is C=C1CC[C@@]2(O)C3Cc4ccc(O)c5c4[C@@]2(CC[N@+]3(C)COC(=O)C(C)(C)C)[C@H]1O5. The van der Waals surface area contributed by atoms with E-state index in [1.54, 1.807) is 6.07 Å². The van der Waals surface area contributed by atoms with Crippen molar-refractivity contribution >= 4 is 5.97 Å². The van der Waals surface area contributed by atoms with E-state index < -0.39 is 16.4 Å². The lowest BCUT2D eigenvalue weighted by Crippen LogP contribution is -2.80. The van der Waals surface area contributed by atoms with Gasteiger partial charge in [-0.3, -0.25) is 9.28 Å². The molecule has 162 valence electrons. The van der Waals surface area contributed by atoms with Crippen LogP contribution in [0.15, 0.2) is 24.3 Å². The van der Waals surface area contributed by atoms with Crippen LogP contribution in [0.3, 0.4) is 0 Å². The minimum absolute atomic E-state index is 0.124. The number of phenols is 1. The van der Waals surface area contributed by atoms with Gasteiger partial charge in [-0.2, -0.15) is 0 Å². The number of benzene rings is 1. The number of carbonyl (C=O) groups excluding carboxylic acids is 1. The molecule has 6 heteroatoms. The fraction of sp³-hybridized carbons (Fsp3) is 0.625. The molecule has 6 nitrogen and oxygen atoms in total. The lowest BCUT2D eigenvalue weighted by Gasteiger charge is -2.64. The molecule has 5 atom stereocenters. The Morgan fingerprint density at radius 1 is 1.37 bits per heavy atom. The molecule has 1 aromatic carbocycles. The Kier molecular flexibility index (Phi) is 3.84. The Bertz CT molecular complexity index is 965. The normalized spacial score (nSPS) is 38.6. The summed E-state index contributed by atoms with van der Waals surface area (Å²) in [5.74, 6) is 0.428. The summed E-state index contributed by atoms with van der Waals surface area (Å²) in [6.45, 7) is 10.8. The van der Waals surface area contributed by atoms with Gasteiger partial charge in [0, 0.05) is 18.4 Å². The quantitative estimate of drug-likeness (QED) is 0.442. The zero-order valence-corrected chi connectivity index (χ0v) is 18.3. The summed E-state index contributed by atoms with van der Waals surface area (Å²) in [7, 11) is 2.09. The Balaban J connectivity index is 1.61. The fourth-order valence-corrected chi connectivity index (χ4v) is 6.54. The van der Waals surface area contributed by atoms with Gasteiger partial charge in [-0.25, -0.2) is 0 Å². The topological polar surface area (TPSA) is 76.0 Å². The van der Waals surface area contributed by atoms with Crippen LogP contribution in [0.4, 0.5) is 0 Å². The first-order valence-electron chi connectivity index (χ1n) is 10.9. The summed E-state index contributed by atoms with van der Waals surface area (Å²) >= 11 is 0. The number of quaternary nitrogens is 1. The van der Waals surface area contributed by atoms with Crippen molar-refractivity contribution in [2.24, 2.45) is 5.41 Å². The maximum absolute atomic E-state index is 12.5. The monoisotopic (exact) mass is 414 g/mol. The molecule has 2 aliphatic heterocycles. The summed E-state index contributed by atoms with van der Waals surface area (Å²) in [4.78, 5) is 12.5. The van der Waals surface area contributed by atoms with Crippen molar-refractivity contribution in [3.05, 3.63) is 35.4 Å². The number of likely N-dealkylation sites (N-methyl/N-ethyl adjacent to an activating group) is 1. The molecule has 1 saturated carbocycles. The number of piperidine rings is 1. The predicted octanol–water partition coefficient (Wildman–Crippen LogP) is 2.79. The molecule has 2 bridgehead atoms. The summed E-state index contributed by atoms with van der Waals surface area (Å²) in [5, 5.41) is 22.8. The average molecular weight is 415 g/mol. The summed E-state index contributed by atoms with van der Waals surface area (Å²) < 4.78 is 12.5. The number of rotatable bonds is 2. The van der Waals surface area contributed by atoms with Gasteiger partial charge in [0.2, 0.25) is 6.73 Å². The molecule has 2 N–H and O–H groups in total. The van der Waals surface area contributed by atoms with Gasteiger partial charge in [-0.05, 0) is 50.8 Å². The van der Waals surface area contributed by atoms with Gasteiger partial charge in [-0.15, -0.1) is 0 Å². The van der Waals surface area contributed by atoms with Crippen molar-refractivity contribution in [3.8, 4) is 11.5 Å². The highest BCUT2D eigenvalue weighted by atomic mass is 16.5. The van der Waals surface area contributed by atoms with Crippen LogP contribution in [0.1, 0.15) is 51.2 Å². The van der Waals surface area contributed by atoms with Crippen LogP contribution in [0.2, 0.25) is 0 Å². The summed E-state index contributed by atoms with van der Waals surface area (Å²) in [5.41, 5.74) is 0.904. The third-order valence-corrected chi connectivity index (χ3v) is 8.16. The molecule has 1 aromatic rings. The van der Waals surface area contributed by atoms with Gasteiger partial charge in [0.25, 0.3) is 0 Å². The van der Waals surface area contributed by atoms with E-state index in [0.29, 0.717) is 35.9 Å². The zero-order valence-electron chi connectivity index (χ0n) is 18.3. The lowest BCUT2D eigenvalue weighted by molar-refractivity contribution is -0.963. The highest BCUT2D eigenvalue weighted by molar-refractivity contribution is 5.75. The van der Waals surface area contributed by atoms with E-state index in [1.165, 1.54) is 0 Å². The second-order valence-electron chi connectivity index (χ2n) is 11.0. The third-order valence-electron chi connectivity index (χ3n) is 8.16. The predicted molar refractivity (Wildman–Crippen MR) is 111 cm³/mol. The molecule has 4 aliphatic rings. The second-order valence-corrected chi connectivity index (χ2v) is 11.0. The first-order valence-corrected chi connectivity index (χ1v) is 10.9. The minimum Gasteiger partial charge on any atom is -0.504 e. The number of phenolic OH excluding ortho intramolecular Hbond substituents is 1. The highest BCUT2D eigenvalue weighted by Gasteiger charge is 2.75. The van der Waals surface area contributed by atoms with Crippen LogP contribution in [0.25, 0.3) is 0 Å². The van der Waals surface area contributed by atoms with Crippen LogP contribution in [0.5, 0.6) is 11.5 Å². The smallest absolute Gasteiger partial charge is 0.315 e. The van der Waals surface area contributed by atoms with E-state index in [-0.39, 0.29) is 30.6 Å². The number of aliphatic hydroxyl groups is 1. The van der Waals surface area contributed by atoms with Crippen LogP contribution in [-0.2, 0) is 21.4 Å². The van der Waals surface area contributed by atoms with Crippen LogP contribution >= 0.6 is 0 Å². The van der Waals surface area contributed by atoms with Gasteiger partial charge in [-0.1, -0.05) is 12.6 Å². The number of esters is 1. The van der Waals surface area contributed by atoms with E-state index in [0.717, 1.165) is 23.2 Å². The molecule has 0 aromatic heterocycles. The Hall–Kier alpha value is -2.05. The van der Waals surface area contributed by atoms with Gasteiger partial charge >= 0.3 is 5.97 Å².